The first-order valence-corrected chi connectivity index (χ1v) is 10.6. The number of carbonyl (C=O) groups is 1. The number of carbonyl (C=O) groups excluding carboxylic acids is 1. The molecule has 2 fully saturated rings. The number of nitrogens with zero attached hydrogens (tertiary/aromatic N) is 2. The maximum atomic E-state index is 12.9. The van der Waals surface area contributed by atoms with E-state index in [0.29, 0.717) is 6.04 Å². The number of piperidine rings is 1. The van der Waals surface area contributed by atoms with Crippen molar-refractivity contribution in [1.82, 2.24) is 9.21 Å². The fourth-order valence-corrected chi connectivity index (χ4v) is 5.70. The number of rotatable bonds is 2. The summed E-state index contributed by atoms with van der Waals surface area (Å²) in [5.41, 5.74) is -0.264. The Hall–Kier alpha value is -0.460. The molecule has 2 aliphatic rings. The molecule has 0 bridgehead atoms. The number of likely N-dealkylation sites (tertiary alicyclic amines) is 1. The molecule has 2 atom stereocenters. The zero-order valence-electron chi connectivity index (χ0n) is 17.1. The summed E-state index contributed by atoms with van der Waals surface area (Å²) in [5, 5.41) is 0. The number of amides is 1. The van der Waals surface area contributed by atoms with E-state index in [9.17, 15) is 9.35 Å². The van der Waals surface area contributed by atoms with Crippen LogP contribution in [0.3, 0.4) is 0 Å². The number of ether oxygens (including phenoxy) is 1. The lowest BCUT2D eigenvalue weighted by molar-refractivity contribution is 0.00376. The second-order valence-electron chi connectivity index (χ2n) is 9.65. The smallest absolute Gasteiger partial charge is 0.410 e. The average Bonchev–Trinajstić information content (AvgIpc) is 2.87. The van der Waals surface area contributed by atoms with Crippen LogP contribution in [0.2, 0.25) is 0 Å². The Balaban J connectivity index is 2.02. The van der Waals surface area contributed by atoms with E-state index in [0.717, 1.165) is 32.4 Å². The van der Waals surface area contributed by atoms with E-state index in [1.165, 1.54) is 12.8 Å². The quantitative estimate of drug-likeness (QED) is 0.689. The van der Waals surface area contributed by atoms with Gasteiger partial charge in [0, 0.05) is 31.5 Å². The van der Waals surface area contributed by atoms with E-state index in [-0.39, 0.29) is 16.3 Å². The Morgan fingerprint density at radius 3 is 2.20 bits per heavy atom. The molecule has 0 aromatic carbocycles. The summed E-state index contributed by atoms with van der Waals surface area (Å²) in [6.07, 6.45) is 5.20. The van der Waals surface area contributed by atoms with Crippen molar-refractivity contribution < 1.29 is 14.1 Å². The predicted octanol–water partition coefficient (Wildman–Crippen LogP) is 3.95. The minimum Gasteiger partial charge on any atom is -0.597 e. The summed E-state index contributed by atoms with van der Waals surface area (Å²) in [6.45, 7) is 13.3. The van der Waals surface area contributed by atoms with Gasteiger partial charge in [-0.25, -0.2) is 4.79 Å². The van der Waals surface area contributed by atoms with E-state index >= 15 is 0 Å². The van der Waals surface area contributed by atoms with Gasteiger partial charge in [0.1, 0.15) is 10.3 Å². The standard InChI is InChI=1S/C19H36N2O3S/c1-17(2,3)24-16(22)21-13-11-19(12-14-21)10-8-9-15(19)20(7)25(23)18(4,5)6/h15H,8-14H2,1-7H3/t15-,25?/m1/s1. The summed E-state index contributed by atoms with van der Waals surface area (Å²) in [7, 11) is 2.01. The number of hydrogen-bond acceptors (Lipinski definition) is 4. The summed E-state index contributed by atoms with van der Waals surface area (Å²) in [6, 6.07) is 0.341. The molecule has 0 aromatic heterocycles. The molecular weight excluding hydrogens is 336 g/mol. The van der Waals surface area contributed by atoms with E-state index in [4.69, 9.17) is 4.74 Å². The Morgan fingerprint density at radius 2 is 1.72 bits per heavy atom. The molecule has 25 heavy (non-hydrogen) atoms. The maximum Gasteiger partial charge on any atom is 0.410 e. The molecule has 1 heterocycles. The van der Waals surface area contributed by atoms with Crippen LogP contribution in [0.25, 0.3) is 0 Å². The van der Waals surface area contributed by atoms with Gasteiger partial charge in [-0.05, 0) is 72.6 Å². The SMILES string of the molecule is CN([C@@H]1CCCC12CCN(C(=O)OC(C)(C)C)CC2)[S+]([O-])C(C)(C)C. The van der Waals surface area contributed by atoms with E-state index < -0.39 is 17.0 Å². The molecular formula is C19H36N2O3S. The first-order valence-electron chi connectivity index (χ1n) is 9.48. The van der Waals surface area contributed by atoms with Crippen molar-refractivity contribution in [3.63, 3.8) is 0 Å². The van der Waals surface area contributed by atoms with Gasteiger partial charge in [0.25, 0.3) is 0 Å². The van der Waals surface area contributed by atoms with Crippen LogP contribution in [0.1, 0.15) is 73.6 Å². The highest BCUT2D eigenvalue weighted by Gasteiger charge is 2.51. The second kappa shape index (κ2) is 7.28. The van der Waals surface area contributed by atoms with Gasteiger partial charge in [-0.1, -0.05) is 6.42 Å². The zero-order chi connectivity index (χ0) is 19.0. The molecule has 1 spiro atoms. The van der Waals surface area contributed by atoms with Crippen LogP contribution in [0.4, 0.5) is 4.79 Å². The monoisotopic (exact) mass is 372 g/mol. The van der Waals surface area contributed by atoms with Gasteiger partial charge in [0.05, 0.1) is 6.04 Å². The van der Waals surface area contributed by atoms with Crippen molar-refractivity contribution in [2.45, 2.75) is 90.0 Å². The molecule has 2 rings (SSSR count). The molecule has 1 amide bonds. The fourth-order valence-electron chi connectivity index (χ4n) is 4.28. The molecule has 0 aromatic rings. The minimum absolute atomic E-state index is 0.189. The Labute approximate surface area is 156 Å². The fraction of sp³-hybridized carbons (Fsp3) is 0.947. The highest BCUT2D eigenvalue weighted by Crippen LogP contribution is 2.49. The molecule has 1 aliphatic heterocycles. The normalized spacial score (nSPS) is 25.5. The van der Waals surface area contributed by atoms with Crippen LogP contribution in [-0.4, -0.2) is 56.4 Å². The van der Waals surface area contributed by atoms with Gasteiger partial charge in [-0.3, -0.25) is 0 Å². The predicted molar refractivity (Wildman–Crippen MR) is 103 cm³/mol. The summed E-state index contributed by atoms with van der Waals surface area (Å²) in [4.78, 5) is 14.2. The molecule has 1 unspecified atom stereocenters. The first-order chi connectivity index (χ1) is 11.4. The molecule has 0 N–H and O–H groups in total. The van der Waals surface area contributed by atoms with Crippen molar-refractivity contribution in [3.8, 4) is 0 Å². The van der Waals surface area contributed by atoms with Crippen LogP contribution < -0.4 is 0 Å². The molecule has 6 heteroatoms. The van der Waals surface area contributed by atoms with Crippen LogP contribution >= 0.6 is 0 Å². The highest BCUT2D eigenvalue weighted by atomic mass is 32.2. The van der Waals surface area contributed by atoms with Gasteiger partial charge >= 0.3 is 6.09 Å². The van der Waals surface area contributed by atoms with Crippen molar-refractivity contribution in [1.29, 1.82) is 0 Å². The van der Waals surface area contributed by atoms with E-state index in [1.54, 1.807) is 0 Å². The van der Waals surface area contributed by atoms with Crippen LogP contribution in [-0.2, 0) is 16.1 Å². The van der Waals surface area contributed by atoms with Crippen LogP contribution in [0.15, 0.2) is 0 Å². The summed E-state index contributed by atoms with van der Waals surface area (Å²) < 4.78 is 20.2. The van der Waals surface area contributed by atoms with Crippen LogP contribution in [0, 0.1) is 5.41 Å². The average molecular weight is 373 g/mol. The van der Waals surface area contributed by atoms with Crippen molar-refractivity contribution >= 4 is 17.5 Å². The lowest BCUT2D eigenvalue weighted by Crippen LogP contribution is -2.54. The topological polar surface area (TPSA) is 55.8 Å². The molecule has 1 saturated heterocycles. The van der Waals surface area contributed by atoms with E-state index in [2.05, 4.69) is 4.31 Å². The number of hydrogen-bond donors (Lipinski definition) is 0. The first kappa shape index (κ1) is 20.8. The molecule has 146 valence electrons. The van der Waals surface area contributed by atoms with Gasteiger partial charge in [0.2, 0.25) is 0 Å². The molecule has 0 radical (unpaired) electrons. The van der Waals surface area contributed by atoms with Gasteiger partial charge < -0.3 is 14.2 Å². The Bertz CT molecular complexity index is 476. The third-order valence-electron chi connectivity index (χ3n) is 5.49. The second-order valence-corrected chi connectivity index (χ2v) is 11.9. The van der Waals surface area contributed by atoms with Crippen molar-refractivity contribution in [3.05, 3.63) is 0 Å². The summed E-state index contributed by atoms with van der Waals surface area (Å²) in [5.74, 6) is 0. The van der Waals surface area contributed by atoms with Gasteiger partial charge in [0.15, 0.2) is 0 Å². The van der Waals surface area contributed by atoms with Crippen LogP contribution in [0.5, 0.6) is 0 Å². The highest BCUT2D eigenvalue weighted by molar-refractivity contribution is 7.90. The summed E-state index contributed by atoms with van der Waals surface area (Å²) >= 11 is -1.00. The lowest BCUT2D eigenvalue weighted by atomic mass is 9.74. The third-order valence-corrected chi connectivity index (χ3v) is 7.32. The Morgan fingerprint density at radius 1 is 1.16 bits per heavy atom. The zero-order valence-corrected chi connectivity index (χ0v) is 17.9. The van der Waals surface area contributed by atoms with E-state index in [1.807, 2.05) is 53.5 Å². The van der Waals surface area contributed by atoms with Gasteiger partial charge in [-0.2, -0.15) is 0 Å². The van der Waals surface area contributed by atoms with Crippen molar-refractivity contribution in [2.75, 3.05) is 20.1 Å². The Kier molecular flexibility index (Phi) is 6.07. The maximum absolute atomic E-state index is 12.9. The minimum atomic E-state index is -1.00. The van der Waals surface area contributed by atoms with Gasteiger partial charge in [-0.15, -0.1) is 4.31 Å². The van der Waals surface area contributed by atoms with Crippen molar-refractivity contribution in [2.24, 2.45) is 5.41 Å². The molecule has 1 saturated carbocycles. The third kappa shape index (κ3) is 4.83. The lowest BCUT2D eigenvalue weighted by Gasteiger charge is -2.46. The molecule has 1 aliphatic carbocycles. The molecule has 5 nitrogen and oxygen atoms in total. The largest absolute Gasteiger partial charge is 0.597 e.